The van der Waals surface area contributed by atoms with E-state index >= 15 is 0 Å². The van der Waals surface area contributed by atoms with Crippen LogP contribution in [0.25, 0.3) is 11.1 Å². The van der Waals surface area contributed by atoms with Gasteiger partial charge in [-0.05, 0) is 35.9 Å². The highest BCUT2D eigenvalue weighted by Crippen LogP contribution is 2.25. The van der Waals surface area contributed by atoms with E-state index in [0.717, 1.165) is 28.0 Å². The number of carbonyl (C=O) groups excluding carboxylic acids is 3. The number of urea groups is 1. The Morgan fingerprint density at radius 3 is 2.60 bits per heavy atom. The molecule has 35 heavy (non-hydrogen) atoms. The van der Waals surface area contributed by atoms with Crippen LogP contribution in [0.3, 0.4) is 0 Å². The third kappa shape index (κ3) is 5.36. The summed E-state index contributed by atoms with van der Waals surface area (Å²) in [6, 6.07) is 9.59. The summed E-state index contributed by atoms with van der Waals surface area (Å²) in [7, 11) is 3.40. The third-order valence-electron chi connectivity index (χ3n) is 5.29. The fourth-order valence-corrected chi connectivity index (χ4v) is 3.47. The van der Waals surface area contributed by atoms with Crippen molar-refractivity contribution < 1.29 is 19.1 Å². The Labute approximate surface area is 201 Å². The molecule has 1 fully saturated rings. The zero-order valence-corrected chi connectivity index (χ0v) is 19.0. The molecule has 176 valence electrons. The lowest BCUT2D eigenvalue weighted by molar-refractivity contribution is -0.119. The van der Waals surface area contributed by atoms with Crippen molar-refractivity contribution in [1.29, 1.82) is 0 Å². The molecule has 4 N–H and O–H groups in total. The third-order valence-corrected chi connectivity index (χ3v) is 5.29. The largest absolute Gasteiger partial charge is 0.497 e. The number of hydrogen-bond donors (Lipinski definition) is 3. The summed E-state index contributed by atoms with van der Waals surface area (Å²) in [5.74, 6) is 6.32. The van der Waals surface area contributed by atoms with Crippen molar-refractivity contribution in [2.75, 3.05) is 19.9 Å². The predicted octanol–water partition coefficient (Wildman–Crippen LogP) is 1.57. The molecule has 1 atom stereocenters. The Balaban J connectivity index is 0.000000189. The van der Waals surface area contributed by atoms with Gasteiger partial charge in [0.1, 0.15) is 11.6 Å². The summed E-state index contributed by atoms with van der Waals surface area (Å²) in [5, 5.41) is 4.53. The smallest absolute Gasteiger partial charge is 0.322 e. The molecule has 10 nitrogen and oxygen atoms in total. The zero-order chi connectivity index (χ0) is 24.9. The van der Waals surface area contributed by atoms with Crippen molar-refractivity contribution in [1.82, 2.24) is 25.5 Å². The predicted molar refractivity (Wildman–Crippen MR) is 128 cm³/mol. The molecule has 5 rings (SSSR count). The minimum atomic E-state index is -0.839. The van der Waals surface area contributed by atoms with Crippen LogP contribution in [0.2, 0.25) is 0 Å². The second-order valence-electron chi connectivity index (χ2n) is 7.78. The topological polar surface area (TPSA) is 140 Å². The van der Waals surface area contributed by atoms with Gasteiger partial charge in [-0.25, -0.2) is 9.78 Å². The number of imide groups is 1. The van der Waals surface area contributed by atoms with Crippen LogP contribution in [-0.4, -0.2) is 52.9 Å². The Hall–Kier alpha value is -4.91. The average Bonchev–Trinajstić information content (AvgIpc) is 3.34. The minimum absolute atomic E-state index is 0.0777. The fraction of sp³-hybridized carbons (Fsp3) is 0.160. The van der Waals surface area contributed by atoms with Gasteiger partial charge in [-0.15, -0.1) is 0 Å². The standard InChI is InChI=1S/C15H11N5O2.C10H11NO2/c16-13-4-2-10(8-18-13)11-5-9(6-17-7-11)1-3-12-14(21)20-15(22)19-12;1-11-6-7-3-4-8(13-2)5-9(7)10(11)12/h2,4-8,12H,(H2,16,18)(H2,19,20,21,22);3-5H,6H2,1-2H3. The first-order valence-corrected chi connectivity index (χ1v) is 10.6. The molecule has 0 aliphatic carbocycles. The van der Waals surface area contributed by atoms with Gasteiger partial charge >= 0.3 is 6.03 Å². The van der Waals surface area contributed by atoms with E-state index < -0.39 is 18.0 Å². The van der Waals surface area contributed by atoms with Gasteiger partial charge in [0, 0.05) is 54.4 Å². The monoisotopic (exact) mass is 470 g/mol. The van der Waals surface area contributed by atoms with Crippen LogP contribution in [-0.2, 0) is 11.3 Å². The number of nitrogens with one attached hydrogen (secondary N) is 2. The number of ether oxygens (including phenoxy) is 1. The Morgan fingerprint density at radius 1 is 1.09 bits per heavy atom. The van der Waals surface area contributed by atoms with Crippen molar-refractivity contribution in [2.45, 2.75) is 12.6 Å². The highest BCUT2D eigenvalue weighted by molar-refractivity contribution is 6.05. The van der Waals surface area contributed by atoms with Gasteiger partial charge in [-0.1, -0.05) is 17.9 Å². The molecule has 0 spiro atoms. The van der Waals surface area contributed by atoms with Crippen LogP contribution < -0.4 is 21.1 Å². The van der Waals surface area contributed by atoms with E-state index in [1.807, 2.05) is 24.3 Å². The van der Waals surface area contributed by atoms with Gasteiger partial charge in [0.25, 0.3) is 11.8 Å². The summed E-state index contributed by atoms with van der Waals surface area (Å²) in [5.41, 5.74) is 9.72. The van der Waals surface area contributed by atoms with E-state index in [1.165, 1.54) is 0 Å². The van der Waals surface area contributed by atoms with Gasteiger partial charge in [0.15, 0.2) is 6.04 Å². The average molecular weight is 470 g/mol. The molecular formula is C25H22N6O4. The number of fused-ring (bicyclic) bond motifs is 1. The highest BCUT2D eigenvalue weighted by Gasteiger charge is 2.27. The van der Waals surface area contributed by atoms with E-state index in [-0.39, 0.29) is 5.91 Å². The molecular weight excluding hydrogens is 448 g/mol. The molecule has 2 aliphatic heterocycles. The zero-order valence-electron chi connectivity index (χ0n) is 19.0. The number of nitrogens with zero attached hydrogens (tertiary/aromatic N) is 3. The summed E-state index contributed by atoms with van der Waals surface area (Å²) >= 11 is 0. The maximum absolute atomic E-state index is 11.5. The Morgan fingerprint density at radius 2 is 1.91 bits per heavy atom. The van der Waals surface area contributed by atoms with Crippen LogP contribution >= 0.6 is 0 Å². The Kier molecular flexibility index (Phi) is 6.59. The summed E-state index contributed by atoms with van der Waals surface area (Å²) in [6.07, 6.45) is 4.91. The second kappa shape index (κ2) is 9.93. The van der Waals surface area contributed by atoms with Crippen LogP contribution in [0.4, 0.5) is 10.6 Å². The number of rotatable bonds is 2. The molecule has 1 saturated heterocycles. The molecule has 0 radical (unpaired) electrons. The molecule has 2 aromatic heterocycles. The van der Waals surface area contributed by atoms with Crippen LogP contribution in [0.1, 0.15) is 21.5 Å². The van der Waals surface area contributed by atoms with E-state index in [2.05, 4.69) is 32.4 Å². The second-order valence-corrected chi connectivity index (χ2v) is 7.78. The number of methoxy groups -OCH3 is 1. The number of hydrogen-bond acceptors (Lipinski definition) is 7. The number of pyridine rings is 2. The maximum Gasteiger partial charge on any atom is 0.322 e. The van der Waals surface area contributed by atoms with Crippen LogP contribution in [0, 0.1) is 11.8 Å². The van der Waals surface area contributed by atoms with Crippen LogP contribution in [0.5, 0.6) is 5.75 Å². The number of carbonyl (C=O) groups is 3. The first kappa shape index (κ1) is 23.3. The maximum atomic E-state index is 11.5. The van der Waals surface area contributed by atoms with Gasteiger partial charge < -0.3 is 20.7 Å². The van der Waals surface area contributed by atoms with Crippen LogP contribution in [0.15, 0.2) is 55.0 Å². The normalized spacial score (nSPS) is 15.8. The molecule has 3 aromatic rings. The first-order valence-electron chi connectivity index (χ1n) is 10.6. The van der Waals surface area contributed by atoms with Gasteiger partial charge in [0.2, 0.25) is 0 Å². The molecule has 0 saturated carbocycles. The molecule has 10 heteroatoms. The van der Waals surface area contributed by atoms with Crippen molar-refractivity contribution in [2.24, 2.45) is 0 Å². The first-order chi connectivity index (χ1) is 16.8. The van der Waals surface area contributed by atoms with Crippen molar-refractivity contribution in [3.05, 3.63) is 71.7 Å². The number of anilines is 1. The molecule has 1 aromatic carbocycles. The molecule has 0 bridgehead atoms. The summed E-state index contributed by atoms with van der Waals surface area (Å²) < 4.78 is 5.05. The Bertz CT molecular complexity index is 1360. The number of nitrogens with two attached hydrogens (primary N) is 1. The van der Waals surface area contributed by atoms with Gasteiger partial charge in [-0.2, -0.15) is 0 Å². The number of amides is 4. The van der Waals surface area contributed by atoms with Crippen molar-refractivity contribution >= 4 is 23.7 Å². The number of aromatic nitrogens is 2. The van der Waals surface area contributed by atoms with Crippen molar-refractivity contribution in [3.8, 4) is 28.7 Å². The summed E-state index contributed by atoms with van der Waals surface area (Å²) in [4.78, 5) is 43.8. The SMILES string of the molecule is COc1ccc2c(c1)C(=O)N(C)C2.Nc1ccc(-c2cncc(C#CC3NC(=O)NC3=O)c2)cn1. The summed E-state index contributed by atoms with van der Waals surface area (Å²) in [6.45, 7) is 0.707. The van der Waals surface area contributed by atoms with Gasteiger partial charge in [0.05, 0.1) is 7.11 Å². The van der Waals surface area contributed by atoms with E-state index in [0.29, 0.717) is 17.9 Å². The molecule has 1 unspecified atom stereocenters. The quantitative estimate of drug-likeness (QED) is 0.381. The molecule has 4 heterocycles. The molecule has 4 amide bonds. The van der Waals surface area contributed by atoms with E-state index in [4.69, 9.17) is 10.5 Å². The number of nitrogen functional groups attached to an aromatic ring is 1. The highest BCUT2D eigenvalue weighted by atomic mass is 16.5. The lowest BCUT2D eigenvalue weighted by Crippen LogP contribution is -2.26. The fourth-order valence-electron chi connectivity index (χ4n) is 3.47. The lowest BCUT2D eigenvalue weighted by atomic mass is 10.1. The van der Waals surface area contributed by atoms with E-state index in [9.17, 15) is 14.4 Å². The lowest BCUT2D eigenvalue weighted by Gasteiger charge is -2.04. The number of benzene rings is 1. The van der Waals surface area contributed by atoms with Crippen molar-refractivity contribution in [3.63, 3.8) is 0 Å². The van der Waals surface area contributed by atoms with Gasteiger partial charge in [-0.3, -0.25) is 19.9 Å². The molecule has 2 aliphatic rings. The minimum Gasteiger partial charge on any atom is -0.497 e. The van der Waals surface area contributed by atoms with E-state index in [1.54, 1.807) is 49.8 Å².